The zero-order valence-electron chi connectivity index (χ0n) is 14.6. The summed E-state index contributed by atoms with van der Waals surface area (Å²) < 4.78 is 5.38. The van der Waals surface area contributed by atoms with Crippen LogP contribution in [0.2, 0.25) is 0 Å². The molecule has 130 valence electrons. The predicted molar refractivity (Wildman–Crippen MR) is 101 cm³/mol. The highest BCUT2D eigenvalue weighted by atomic mass is 16.5. The average molecular weight is 338 g/mol. The molecule has 0 aliphatic rings. The minimum Gasteiger partial charge on any atom is -0.494 e. The lowest BCUT2D eigenvalue weighted by Crippen LogP contribution is -2.10. The van der Waals surface area contributed by atoms with Crippen LogP contribution in [0, 0.1) is 6.92 Å². The summed E-state index contributed by atoms with van der Waals surface area (Å²) in [5.74, 6) is 0.456. The van der Waals surface area contributed by atoms with Gasteiger partial charge in [-0.05, 0) is 61.4 Å². The zero-order valence-corrected chi connectivity index (χ0v) is 14.6. The molecule has 0 aliphatic heterocycles. The van der Waals surface area contributed by atoms with Crippen LogP contribution in [0.25, 0.3) is 6.08 Å². The van der Waals surface area contributed by atoms with E-state index in [9.17, 15) is 9.59 Å². The minimum atomic E-state index is -0.222. The van der Waals surface area contributed by atoms with Crippen molar-refractivity contribution < 1.29 is 14.3 Å². The Hall–Kier alpha value is -3.08. The second-order valence-corrected chi connectivity index (χ2v) is 5.54. The molecule has 2 aromatic carbocycles. The molecule has 0 aromatic heterocycles. The van der Waals surface area contributed by atoms with Gasteiger partial charge in [-0.1, -0.05) is 12.1 Å². The SMILES string of the molecule is CCOc1ccc(/C=C/C(=O)Nc2ccc(NC(C)=O)c(C)c2)cc1. The van der Waals surface area contributed by atoms with Crippen LogP contribution in [0.1, 0.15) is 25.0 Å². The number of ether oxygens (including phenoxy) is 1. The molecule has 2 rings (SSSR count). The maximum absolute atomic E-state index is 12.0. The summed E-state index contributed by atoms with van der Waals surface area (Å²) >= 11 is 0. The number of hydrogen-bond acceptors (Lipinski definition) is 3. The van der Waals surface area contributed by atoms with Gasteiger partial charge in [-0.3, -0.25) is 9.59 Å². The highest BCUT2D eigenvalue weighted by Crippen LogP contribution is 2.20. The van der Waals surface area contributed by atoms with E-state index in [1.807, 2.05) is 44.2 Å². The van der Waals surface area contributed by atoms with Crippen molar-refractivity contribution in [2.45, 2.75) is 20.8 Å². The number of aryl methyl sites for hydroxylation is 1. The van der Waals surface area contributed by atoms with Crippen molar-refractivity contribution in [2.75, 3.05) is 17.2 Å². The Bertz CT molecular complexity index is 780. The predicted octanol–water partition coefficient (Wildman–Crippen LogP) is 4.00. The Morgan fingerprint density at radius 1 is 1.08 bits per heavy atom. The molecule has 2 N–H and O–H groups in total. The minimum absolute atomic E-state index is 0.127. The van der Waals surface area contributed by atoms with E-state index in [0.29, 0.717) is 12.3 Å². The van der Waals surface area contributed by atoms with Crippen LogP contribution >= 0.6 is 0 Å². The molecule has 0 unspecified atom stereocenters. The second-order valence-electron chi connectivity index (χ2n) is 5.54. The van der Waals surface area contributed by atoms with E-state index in [2.05, 4.69) is 10.6 Å². The van der Waals surface area contributed by atoms with Gasteiger partial charge < -0.3 is 15.4 Å². The molecule has 0 saturated heterocycles. The van der Waals surface area contributed by atoms with Crippen LogP contribution in [0.5, 0.6) is 5.75 Å². The number of benzene rings is 2. The van der Waals surface area contributed by atoms with E-state index in [1.165, 1.54) is 13.0 Å². The van der Waals surface area contributed by atoms with Gasteiger partial charge in [0.2, 0.25) is 11.8 Å². The van der Waals surface area contributed by atoms with E-state index < -0.39 is 0 Å². The molecule has 2 aromatic rings. The van der Waals surface area contributed by atoms with Crippen molar-refractivity contribution in [3.63, 3.8) is 0 Å². The molecular formula is C20H22N2O3. The first-order valence-corrected chi connectivity index (χ1v) is 8.08. The fourth-order valence-electron chi connectivity index (χ4n) is 2.27. The maximum Gasteiger partial charge on any atom is 0.248 e. The monoisotopic (exact) mass is 338 g/mol. The Morgan fingerprint density at radius 3 is 2.40 bits per heavy atom. The van der Waals surface area contributed by atoms with Crippen LogP contribution in [-0.4, -0.2) is 18.4 Å². The third kappa shape index (κ3) is 5.80. The summed E-state index contributed by atoms with van der Waals surface area (Å²) in [6.45, 7) is 5.89. The first-order chi connectivity index (χ1) is 12.0. The van der Waals surface area contributed by atoms with E-state index >= 15 is 0 Å². The summed E-state index contributed by atoms with van der Waals surface area (Å²) in [6, 6.07) is 12.8. The first kappa shape index (κ1) is 18.3. The van der Waals surface area contributed by atoms with E-state index in [4.69, 9.17) is 4.74 Å². The lowest BCUT2D eigenvalue weighted by Gasteiger charge is -2.09. The van der Waals surface area contributed by atoms with Crippen molar-refractivity contribution in [3.8, 4) is 5.75 Å². The number of anilines is 2. The van der Waals surface area contributed by atoms with Crippen molar-refractivity contribution in [3.05, 3.63) is 59.7 Å². The number of carbonyl (C=O) groups is 2. The fraction of sp³-hybridized carbons (Fsp3) is 0.200. The maximum atomic E-state index is 12.0. The van der Waals surface area contributed by atoms with Gasteiger partial charge in [0, 0.05) is 24.4 Å². The molecule has 0 fully saturated rings. The number of hydrogen-bond donors (Lipinski definition) is 2. The van der Waals surface area contributed by atoms with Crippen molar-refractivity contribution in [2.24, 2.45) is 0 Å². The molecule has 0 radical (unpaired) electrons. The van der Waals surface area contributed by atoms with Gasteiger partial charge in [-0.2, -0.15) is 0 Å². The third-order valence-corrected chi connectivity index (χ3v) is 3.42. The Morgan fingerprint density at radius 2 is 1.80 bits per heavy atom. The number of rotatable bonds is 6. The van der Waals surface area contributed by atoms with Gasteiger partial charge in [0.15, 0.2) is 0 Å². The summed E-state index contributed by atoms with van der Waals surface area (Å²) in [5.41, 5.74) is 3.20. The second kappa shape index (κ2) is 8.68. The van der Waals surface area contributed by atoms with E-state index in [0.717, 1.165) is 22.6 Å². The van der Waals surface area contributed by atoms with E-state index in [1.54, 1.807) is 18.2 Å². The number of carbonyl (C=O) groups excluding carboxylic acids is 2. The molecule has 0 bridgehead atoms. The lowest BCUT2D eigenvalue weighted by molar-refractivity contribution is -0.114. The molecule has 2 amide bonds. The standard InChI is InChI=1S/C20H22N2O3/c1-4-25-18-9-5-16(6-10-18)7-12-20(24)22-17-8-11-19(14(2)13-17)21-15(3)23/h5-13H,4H2,1-3H3,(H,21,23)(H,22,24)/b12-7+. The summed E-state index contributed by atoms with van der Waals surface area (Å²) in [6.07, 6.45) is 3.22. The normalized spacial score (nSPS) is 10.5. The van der Waals surface area contributed by atoms with Gasteiger partial charge in [0.1, 0.15) is 5.75 Å². The topological polar surface area (TPSA) is 67.4 Å². The van der Waals surface area contributed by atoms with Crippen LogP contribution in [0.3, 0.4) is 0 Å². The molecule has 0 saturated carbocycles. The van der Waals surface area contributed by atoms with E-state index in [-0.39, 0.29) is 11.8 Å². The van der Waals surface area contributed by atoms with Crippen LogP contribution in [0.15, 0.2) is 48.5 Å². The van der Waals surface area contributed by atoms with Gasteiger partial charge in [-0.15, -0.1) is 0 Å². The molecule has 0 spiro atoms. The van der Waals surface area contributed by atoms with Crippen LogP contribution in [-0.2, 0) is 9.59 Å². The van der Waals surface area contributed by atoms with Gasteiger partial charge in [0.25, 0.3) is 0 Å². The average Bonchev–Trinajstić information content (AvgIpc) is 2.57. The largest absolute Gasteiger partial charge is 0.494 e. The molecule has 5 heteroatoms. The Kier molecular flexibility index (Phi) is 6.34. The molecular weight excluding hydrogens is 316 g/mol. The van der Waals surface area contributed by atoms with Gasteiger partial charge in [0.05, 0.1) is 6.61 Å². The quantitative estimate of drug-likeness (QED) is 0.782. The van der Waals surface area contributed by atoms with Gasteiger partial charge in [-0.25, -0.2) is 0 Å². The fourth-order valence-corrected chi connectivity index (χ4v) is 2.27. The smallest absolute Gasteiger partial charge is 0.248 e. The van der Waals surface area contributed by atoms with Crippen molar-refractivity contribution in [1.29, 1.82) is 0 Å². The molecule has 5 nitrogen and oxygen atoms in total. The molecule has 0 heterocycles. The summed E-state index contributed by atoms with van der Waals surface area (Å²) in [4.78, 5) is 23.1. The Balaban J connectivity index is 1.97. The highest BCUT2D eigenvalue weighted by molar-refractivity contribution is 6.02. The molecule has 25 heavy (non-hydrogen) atoms. The summed E-state index contributed by atoms with van der Waals surface area (Å²) in [5, 5.41) is 5.54. The lowest BCUT2D eigenvalue weighted by atomic mass is 10.1. The number of nitrogens with one attached hydrogen (secondary N) is 2. The first-order valence-electron chi connectivity index (χ1n) is 8.08. The summed E-state index contributed by atoms with van der Waals surface area (Å²) in [7, 11) is 0. The highest BCUT2D eigenvalue weighted by Gasteiger charge is 2.03. The van der Waals surface area contributed by atoms with Crippen molar-refractivity contribution in [1.82, 2.24) is 0 Å². The molecule has 0 aliphatic carbocycles. The zero-order chi connectivity index (χ0) is 18.2. The number of amides is 2. The third-order valence-electron chi connectivity index (χ3n) is 3.42. The Labute approximate surface area is 147 Å². The molecule has 0 atom stereocenters. The van der Waals surface area contributed by atoms with Gasteiger partial charge >= 0.3 is 0 Å². The van der Waals surface area contributed by atoms with Crippen LogP contribution < -0.4 is 15.4 Å². The van der Waals surface area contributed by atoms with Crippen molar-refractivity contribution >= 4 is 29.3 Å². The van der Waals surface area contributed by atoms with Crippen LogP contribution in [0.4, 0.5) is 11.4 Å².